The number of ketones is 1. The molecule has 0 fully saturated rings. The van der Waals surface area contributed by atoms with Crippen LogP contribution in [0.2, 0.25) is 0 Å². The molecule has 2 heteroatoms. The van der Waals surface area contributed by atoms with Crippen LogP contribution < -0.4 is 0 Å². The molecule has 2 rings (SSSR count). The zero-order valence-corrected chi connectivity index (χ0v) is 8.60. The molecule has 1 N–H and O–H groups in total. The maximum atomic E-state index is 11.4. The van der Waals surface area contributed by atoms with Crippen LogP contribution in [0.4, 0.5) is 0 Å². The Morgan fingerprint density at radius 1 is 1.57 bits per heavy atom. The van der Waals surface area contributed by atoms with Crippen LogP contribution in [0.15, 0.2) is 24.3 Å². The summed E-state index contributed by atoms with van der Waals surface area (Å²) in [7, 11) is 0. The lowest BCUT2D eigenvalue weighted by Gasteiger charge is -2.44. The fourth-order valence-corrected chi connectivity index (χ4v) is 2.77. The van der Waals surface area contributed by atoms with Crippen molar-refractivity contribution in [1.29, 1.82) is 0 Å². The van der Waals surface area contributed by atoms with E-state index < -0.39 is 6.10 Å². The molecular formula is C12H16O2. The van der Waals surface area contributed by atoms with Gasteiger partial charge in [0.05, 0.1) is 0 Å². The largest absolute Gasteiger partial charge is 0.385 e. The molecule has 2 aliphatic rings. The van der Waals surface area contributed by atoms with Crippen LogP contribution in [0.5, 0.6) is 0 Å². The highest BCUT2D eigenvalue weighted by atomic mass is 16.3. The van der Waals surface area contributed by atoms with Crippen LogP contribution in [0.25, 0.3) is 0 Å². The van der Waals surface area contributed by atoms with Gasteiger partial charge in [-0.3, -0.25) is 4.79 Å². The van der Waals surface area contributed by atoms with E-state index >= 15 is 0 Å². The fraction of sp³-hybridized carbons (Fsp3) is 0.583. The summed E-state index contributed by atoms with van der Waals surface area (Å²) in [4.78, 5) is 11.4. The van der Waals surface area contributed by atoms with Gasteiger partial charge in [0.2, 0.25) is 0 Å². The third-order valence-electron chi connectivity index (χ3n) is 3.59. The molecule has 0 aromatic carbocycles. The van der Waals surface area contributed by atoms with Gasteiger partial charge in [0, 0.05) is 5.92 Å². The van der Waals surface area contributed by atoms with Crippen LogP contribution in [0.1, 0.15) is 20.3 Å². The molecule has 0 bridgehead atoms. The van der Waals surface area contributed by atoms with E-state index in [1.165, 1.54) is 6.08 Å². The summed E-state index contributed by atoms with van der Waals surface area (Å²) in [6, 6.07) is 0. The van der Waals surface area contributed by atoms with Crippen molar-refractivity contribution in [2.24, 2.45) is 17.3 Å². The number of fused-ring (bicyclic) bond motifs is 1. The lowest BCUT2D eigenvalue weighted by atomic mass is 9.61. The zero-order valence-electron chi connectivity index (χ0n) is 8.60. The van der Waals surface area contributed by atoms with E-state index in [4.69, 9.17) is 0 Å². The number of aliphatic hydroxyl groups excluding tert-OH is 1. The minimum Gasteiger partial charge on any atom is -0.385 e. The fourth-order valence-electron chi connectivity index (χ4n) is 2.77. The normalized spacial score (nSPS) is 46.5. The average molecular weight is 192 g/mol. The summed E-state index contributed by atoms with van der Waals surface area (Å²) in [5, 5.41) is 9.87. The number of hydrogen-bond acceptors (Lipinski definition) is 2. The number of rotatable bonds is 0. The molecule has 0 saturated heterocycles. The van der Waals surface area contributed by atoms with Crippen molar-refractivity contribution >= 4 is 5.78 Å². The number of hydrogen-bond donors (Lipinski definition) is 1. The van der Waals surface area contributed by atoms with Crippen molar-refractivity contribution in [2.75, 3.05) is 0 Å². The van der Waals surface area contributed by atoms with E-state index in [9.17, 15) is 9.90 Å². The summed E-state index contributed by atoms with van der Waals surface area (Å²) >= 11 is 0. The van der Waals surface area contributed by atoms with Crippen LogP contribution >= 0.6 is 0 Å². The van der Waals surface area contributed by atoms with Gasteiger partial charge in [-0.1, -0.05) is 32.1 Å². The first kappa shape index (κ1) is 9.66. The van der Waals surface area contributed by atoms with Gasteiger partial charge in [0.25, 0.3) is 0 Å². The Bertz CT molecular complexity index is 316. The second-order valence-electron chi connectivity index (χ2n) is 4.70. The van der Waals surface area contributed by atoms with Gasteiger partial charge < -0.3 is 5.11 Å². The van der Waals surface area contributed by atoms with E-state index in [0.29, 0.717) is 0 Å². The Balaban J connectivity index is 2.42. The van der Waals surface area contributed by atoms with Crippen LogP contribution in [0.3, 0.4) is 0 Å². The summed E-state index contributed by atoms with van der Waals surface area (Å²) in [6.07, 6.45) is 7.85. The smallest absolute Gasteiger partial charge is 0.184 e. The predicted molar refractivity (Wildman–Crippen MR) is 54.7 cm³/mol. The molecule has 76 valence electrons. The number of carbonyl (C=O) groups excluding carboxylic acids is 1. The van der Waals surface area contributed by atoms with E-state index in [1.807, 2.05) is 6.08 Å². The third-order valence-corrected chi connectivity index (χ3v) is 3.59. The second-order valence-corrected chi connectivity index (χ2v) is 4.70. The van der Waals surface area contributed by atoms with Crippen molar-refractivity contribution in [3.05, 3.63) is 24.3 Å². The lowest BCUT2D eigenvalue weighted by molar-refractivity contribution is -0.130. The molecule has 0 radical (unpaired) electrons. The Morgan fingerprint density at radius 2 is 2.29 bits per heavy atom. The molecule has 14 heavy (non-hydrogen) atoms. The molecule has 0 aromatic heterocycles. The minimum absolute atomic E-state index is 0.0402. The number of aliphatic hydroxyl groups is 1. The zero-order chi connectivity index (χ0) is 10.3. The van der Waals surface area contributed by atoms with Gasteiger partial charge in [0.15, 0.2) is 5.78 Å². The Morgan fingerprint density at radius 3 is 3.00 bits per heavy atom. The monoisotopic (exact) mass is 192 g/mol. The molecule has 0 heterocycles. The first-order valence-electron chi connectivity index (χ1n) is 5.12. The second kappa shape index (κ2) is 3.06. The van der Waals surface area contributed by atoms with Gasteiger partial charge in [0.1, 0.15) is 6.10 Å². The summed E-state index contributed by atoms with van der Waals surface area (Å²) in [6.45, 7) is 4.18. The van der Waals surface area contributed by atoms with Crippen LogP contribution in [0, 0.1) is 17.3 Å². The van der Waals surface area contributed by atoms with E-state index in [2.05, 4.69) is 26.0 Å². The molecule has 0 amide bonds. The average Bonchev–Trinajstić information content (AvgIpc) is 2.12. The van der Waals surface area contributed by atoms with Gasteiger partial charge in [-0.15, -0.1) is 0 Å². The molecule has 0 spiro atoms. The minimum atomic E-state index is -0.815. The molecule has 0 aliphatic heterocycles. The molecule has 4 atom stereocenters. The van der Waals surface area contributed by atoms with E-state index in [1.54, 1.807) is 0 Å². The SMILES string of the molecule is CC1C=CCC2(C)C=CC(=O)C(O)C12. The molecule has 4 unspecified atom stereocenters. The summed E-state index contributed by atoms with van der Waals surface area (Å²) in [5.41, 5.74) is -0.0402. The van der Waals surface area contributed by atoms with Crippen molar-refractivity contribution < 1.29 is 9.90 Å². The first-order chi connectivity index (χ1) is 6.54. The maximum absolute atomic E-state index is 11.4. The van der Waals surface area contributed by atoms with Gasteiger partial charge in [-0.05, 0) is 23.8 Å². The van der Waals surface area contributed by atoms with E-state index in [0.717, 1.165) is 6.42 Å². The molecule has 2 nitrogen and oxygen atoms in total. The van der Waals surface area contributed by atoms with Crippen molar-refractivity contribution in [3.8, 4) is 0 Å². The standard InChI is InChI=1S/C12H16O2/c1-8-4-3-6-12(2)7-5-9(13)11(14)10(8)12/h3-5,7-8,10-11,14H,6H2,1-2H3. The van der Waals surface area contributed by atoms with Gasteiger partial charge in [-0.2, -0.15) is 0 Å². The molecule has 0 aromatic rings. The highest BCUT2D eigenvalue weighted by molar-refractivity contribution is 5.94. The lowest BCUT2D eigenvalue weighted by Crippen LogP contribution is -2.46. The van der Waals surface area contributed by atoms with Crippen LogP contribution in [-0.4, -0.2) is 17.0 Å². The van der Waals surface area contributed by atoms with Crippen molar-refractivity contribution in [3.63, 3.8) is 0 Å². The molecule has 0 saturated carbocycles. The maximum Gasteiger partial charge on any atom is 0.184 e. The molecule has 2 aliphatic carbocycles. The first-order valence-corrected chi connectivity index (χ1v) is 5.12. The highest BCUT2D eigenvalue weighted by Crippen LogP contribution is 2.46. The third kappa shape index (κ3) is 1.25. The summed E-state index contributed by atoms with van der Waals surface area (Å²) in [5.74, 6) is 0.178. The topological polar surface area (TPSA) is 37.3 Å². The predicted octanol–water partition coefficient (Wildman–Crippen LogP) is 1.70. The van der Waals surface area contributed by atoms with Crippen molar-refractivity contribution in [2.45, 2.75) is 26.4 Å². The Labute approximate surface area is 84.3 Å². The quantitative estimate of drug-likeness (QED) is 0.593. The molecular weight excluding hydrogens is 176 g/mol. The van der Waals surface area contributed by atoms with Gasteiger partial charge in [-0.25, -0.2) is 0 Å². The Kier molecular flexibility index (Phi) is 2.11. The van der Waals surface area contributed by atoms with Crippen LogP contribution in [-0.2, 0) is 4.79 Å². The number of allylic oxidation sites excluding steroid dienone is 3. The van der Waals surface area contributed by atoms with Gasteiger partial charge >= 0.3 is 0 Å². The van der Waals surface area contributed by atoms with Crippen molar-refractivity contribution in [1.82, 2.24) is 0 Å². The highest BCUT2D eigenvalue weighted by Gasteiger charge is 2.45. The summed E-state index contributed by atoms with van der Waals surface area (Å²) < 4.78 is 0. The van der Waals surface area contributed by atoms with E-state index in [-0.39, 0.29) is 23.0 Å². The Hall–Kier alpha value is -0.890. The number of carbonyl (C=O) groups is 1.